The van der Waals surface area contributed by atoms with Crippen molar-refractivity contribution in [2.75, 3.05) is 7.11 Å². The summed E-state index contributed by atoms with van der Waals surface area (Å²) in [6.07, 6.45) is 0. The molecule has 0 saturated carbocycles. The first-order valence-electron chi connectivity index (χ1n) is 8.86. The third-order valence-electron chi connectivity index (χ3n) is 4.49. The van der Waals surface area contributed by atoms with Crippen LogP contribution in [0, 0.1) is 0 Å². The Morgan fingerprint density at radius 3 is 2.52 bits per heavy atom. The molecule has 6 heteroatoms. The van der Waals surface area contributed by atoms with Crippen molar-refractivity contribution in [2.24, 2.45) is 10.7 Å². The van der Waals surface area contributed by atoms with Gasteiger partial charge in [0.2, 0.25) is 0 Å². The molecule has 0 spiro atoms. The number of rotatable bonds is 4. The molecule has 0 radical (unpaired) electrons. The number of benzene rings is 3. The van der Waals surface area contributed by atoms with Crippen molar-refractivity contribution in [1.82, 2.24) is 0 Å². The number of ether oxygens (including phenoxy) is 1. The number of halogens is 1. The molecule has 29 heavy (non-hydrogen) atoms. The number of methoxy groups -OCH3 is 1. The van der Waals surface area contributed by atoms with Crippen LogP contribution in [-0.4, -0.2) is 13.0 Å². The van der Waals surface area contributed by atoms with Gasteiger partial charge in [0.1, 0.15) is 17.1 Å². The van der Waals surface area contributed by atoms with E-state index < -0.39 is 5.91 Å². The van der Waals surface area contributed by atoms with E-state index in [2.05, 4.69) is 0 Å². The molecule has 0 fully saturated rings. The van der Waals surface area contributed by atoms with Gasteiger partial charge in [0.25, 0.3) is 5.91 Å². The Hall–Kier alpha value is -3.57. The molecule has 144 valence electrons. The highest BCUT2D eigenvalue weighted by Gasteiger charge is 2.10. The van der Waals surface area contributed by atoms with Crippen LogP contribution in [0.1, 0.15) is 10.4 Å². The second kappa shape index (κ2) is 7.81. The molecule has 3 aromatic carbocycles. The zero-order valence-corrected chi connectivity index (χ0v) is 16.3. The van der Waals surface area contributed by atoms with Crippen LogP contribution >= 0.6 is 11.6 Å². The van der Waals surface area contributed by atoms with Crippen molar-refractivity contribution >= 4 is 34.2 Å². The van der Waals surface area contributed by atoms with Crippen LogP contribution in [0.15, 0.2) is 82.2 Å². The quantitative estimate of drug-likeness (QED) is 0.514. The van der Waals surface area contributed by atoms with Gasteiger partial charge < -0.3 is 14.9 Å². The summed E-state index contributed by atoms with van der Waals surface area (Å²) >= 11 is 6.19. The molecule has 0 bridgehead atoms. The first-order chi connectivity index (χ1) is 14.0. The lowest BCUT2D eigenvalue weighted by Crippen LogP contribution is -2.12. The van der Waals surface area contributed by atoms with E-state index in [0.717, 1.165) is 16.7 Å². The summed E-state index contributed by atoms with van der Waals surface area (Å²) in [5, 5.41) is 1.91. The predicted octanol–water partition coefficient (Wildman–Crippen LogP) is 5.09. The standard InChI is InChI=1S/C23H17ClN2O3/c1-28-16-9-6-14(7-10-16)22-13-20(18-12-15(24)8-11-21(18)29-22)26-19-5-3-2-4-17(19)23(25)27/h2-13H,1H3,(H2,25,27). The van der Waals surface area contributed by atoms with Crippen LogP contribution in [0.5, 0.6) is 5.75 Å². The van der Waals surface area contributed by atoms with E-state index in [1.807, 2.05) is 30.3 Å². The maximum atomic E-state index is 11.8. The van der Waals surface area contributed by atoms with E-state index >= 15 is 0 Å². The minimum atomic E-state index is -0.539. The van der Waals surface area contributed by atoms with Gasteiger partial charge in [0.05, 0.1) is 23.7 Å². The van der Waals surface area contributed by atoms with Crippen molar-refractivity contribution < 1.29 is 13.9 Å². The van der Waals surface area contributed by atoms with Gasteiger partial charge in [-0.1, -0.05) is 23.7 Å². The summed E-state index contributed by atoms with van der Waals surface area (Å²) in [4.78, 5) is 16.5. The van der Waals surface area contributed by atoms with Gasteiger partial charge in [-0.05, 0) is 54.6 Å². The van der Waals surface area contributed by atoms with E-state index in [4.69, 9.17) is 31.5 Å². The maximum Gasteiger partial charge on any atom is 0.250 e. The SMILES string of the molecule is COc1ccc(-c2cc(=Nc3ccccc3C(N)=O)c3cc(Cl)ccc3o2)cc1. The summed E-state index contributed by atoms with van der Waals surface area (Å²) in [7, 11) is 1.62. The molecule has 1 heterocycles. The van der Waals surface area contributed by atoms with Gasteiger partial charge in [0, 0.05) is 22.0 Å². The van der Waals surface area contributed by atoms with Crippen LogP contribution in [0.2, 0.25) is 5.02 Å². The van der Waals surface area contributed by atoms with E-state index in [-0.39, 0.29) is 0 Å². The molecule has 0 aliphatic rings. The number of para-hydroxylation sites is 1. The zero-order chi connectivity index (χ0) is 20.4. The van der Waals surface area contributed by atoms with Crippen LogP contribution in [0.25, 0.3) is 22.3 Å². The van der Waals surface area contributed by atoms with E-state index in [9.17, 15) is 4.79 Å². The molecular formula is C23H17ClN2O3. The summed E-state index contributed by atoms with van der Waals surface area (Å²) < 4.78 is 11.3. The van der Waals surface area contributed by atoms with Crippen LogP contribution in [-0.2, 0) is 0 Å². The van der Waals surface area contributed by atoms with Gasteiger partial charge in [-0.15, -0.1) is 0 Å². The Kier molecular flexibility index (Phi) is 5.06. The van der Waals surface area contributed by atoms with Crippen LogP contribution in [0.3, 0.4) is 0 Å². The minimum Gasteiger partial charge on any atom is -0.497 e. The average Bonchev–Trinajstić information content (AvgIpc) is 2.74. The Labute approximate surface area is 172 Å². The molecular weight excluding hydrogens is 388 g/mol. The highest BCUT2D eigenvalue weighted by molar-refractivity contribution is 6.31. The lowest BCUT2D eigenvalue weighted by Gasteiger charge is -2.07. The van der Waals surface area contributed by atoms with Gasteiger partial charge >= 0.3 is 0 Å². The first kappa shape index (κ1) is 18.8. The Bertz CT molecular complexity index is 1280. The Balaban J connectivity index is 1.99. The topological polar surface area (TPSA) is 77.8 Å². The number of nitrogens with zero attached hydrogens (tertiary/aromatic N) is 1. The van der Waals surface area contributed by atoms with Crippen LogP contribution in [0.4, 0.5) is 5.69 Å². The fourth-order valence-electron chi connectivity index (χ4n) is 3.04. The number of primary amides is 1. The number of carbonyl (C=O) groups is 1. The number of amides is 1. The normalized spacial score (nSPS) is 11.6. The Morgan fingerprint density at radius 1 is 1.03 bits per heavy atom. The average molecular weight is 405 g/mol. The first-order valence-corrected chi connectivity index (χ1v) is 9.24. The number of carbonyl (C=O) groups excluding carboxylic acids is 1. The van der Waals surface area contributed by atoms with Gasteiger partial charge in [-0.2, -0.15) is 0 Å². The molecule has 4 rings (SSSR count). The summed E-state index contributed by atoms with van der Waals surface area (Å²) in [6, 6.07) is 21.6. The number of hydrogen-bond acceptors (Lipinski definition) is 4. The molecule has 0 unspecified atom stereocenters. The molecule has 1 aromatic heterocycles. The van der Waals surface area contributed by atoms with E-state index in [1.165, 1.54) is 0 Å². The lowest BCUT2D eigenvalue weighted by molar-refractivity contribution is 0.100. The predicted molar refractivity (Wildman–Crippen MR) is 113 cm³/mol. The van der Waals surface area contributed by atoms with Crippen molar-refractivity contribution in [1.29, 1.82) is 0 Å². The third kappa shape index (κ3) is 3.86. The zero-order valence-electron chi connectivity index (χ0n) is 15.6. The van der Waals surface area contributed by atoms with Gasteiger partial charge in [-0.3, -0.25) is 4.79 Å². The van der Waals surface area contributed by atoms with Gasteiger partial charge in [0.15, 0.2) is 0 Å². The van der Waals surface area contributed by atoms with Crippen molar-refractivity contribution in [3.63, 3.8) is 0 Å². The summed E-state index contributed by atoms with van der Waals surface area (Å²) in [6.45, 7) is 0. The second-order valence-corrected chi connectivity index (χ2v) is 6.79. The molecule has 0 aliphatic heterocycles. The summed E-state index contributed by atoms with van der Waals surface area (Å²) in [5.41, 5.74) is 7.81. The highest BCUT2D eigenvalue weighted by Crippen LogP contribution is 2.26. The second-order valence-electron chi connectivity index (χ2n) is 6.36. The van der Waals surface area contributed by atoms with Crippen molar-refractivity contribution in [2.45, 2.75) is 0 Å². The lowest BCUT2D eigenvalue weighted by atomic mass is 10.1. The smallest absolute Gasteiger partial charge is 0.250 e. The fraction of sp³-hybridized carbons (Fsp3) is 0.0435. The molecule has 0 saturated heterocycles. The highest BCUT2D eigenvalue weighted by atomic mass is 35.5. The van der Waals surface area contributed by atoms with E-state index in [0.29, 0.717) is 33.0 Å². The van der Waals surface area contributed by atoms with Crippen molar-refractivity contribution in [3.05, 3.63) is 88.7 Å². The maximum absolute atomic E-state index is 11.8. The number of fused-ring (bicyclic) bond motifs is 1. The number of hydrogen-bond donors (Lipinski definition) is 1. The molecule has 0 aliphatic carbocycles. The molecule has 4 aromatic rings. The third-order valence-corrected chi connectivity index (χ3v) is 4.73. The molecule has 2 N–H and O–H groups in total. The molecule has 0 atom stereocenters. The number of nitrogens with two attached hydrogens (primary N) is 1. The Morgan fingerprint density at radius 2 is 1.79 bits per heavy atom. The molecule has 1 amide bonds. The largest absolute Gasteiger partial charge is 0.497 e. The van der Waals surface area contributed by atoms with Crippen molar-refractivity contribution in [3.8, 4) is 17.1 Å². The minimum absolute atomic E-state index is 0.342. The monoisotopic (exact) mass is 404 g/mol. The van der Waals surface area contributed by atoms with Gasteiger partial charge in [-0.25, -0.2) is 4.99 Å². The van der Waals surface area contributed by atoms with Crippen LogP contribution < -0.4 is 15.8 Å². The summed E-state index contributed by atoms with van der Waals surface area (Å²) in [5.74, 6) is 0.835. The van der Waals surface area contributed by atoms with E-state index in [1.54, 1.807) is 49.6 Å². The fourth-order valence-corrected chi connectivity index (χ4v) is 3.21. The molecule has 5 nitrogen and oxygen atoms in total.